The lowest BCUT2D eigenvalue weighted by Gasteiger charge is -2.19. The van der Waals surface area contributed by atoms with Gasteiger partial charge in [-0.3, -0.25) is 4.79 Å². The van der Waals surface area contributed by atoms with Gasteiger partial charge in [-0.1, -0.05) is 0 Å². The van der Waals surface area contributed by atoms with Crippen LogP contribution in [0.4, 0.5) is 0 Å². The normalized spacial score (nSPS) is 38.1. The van der Waals surface area contributed by atoms with Gasteiger partial charge >= 0.3 is 5.97 Å². The minimum atomic E-state index is -0.397. The molecule has 1 aliphatic heterocycles. The highest BCUT2D eigenvalue weighted by Crippen LogP contribution is 2.44. The molecule has 4 nitrogen and oxygen atoms in total. The summed E-state index contributed by atoms with van der Waals surface area (Å²) in [5.41, 5.74) is 0. The van der Waals surface area contributed by atoms with Gasteiger partial charge in [-0.05, 0) is 18.8 Å². The predicted octanol–water partition coefficient (Wildman–Crippen LogP) is -0.316. The predicted molar refractivity (Wildman–Crippen MR) is 40.2 cm³/mol. The third kappa shape index (κ3) is 1.07. The Hall–Kier alpha value is -1.06. The van der Waals surface area contributed by atoms with E-state index in [-0.39, 0.29) is 17.8 Å². The molecule has 1 heterocycles. The number of carbonyl (C=O) groups excluding carboxylic acids is 2. The van der Waals surface area contributed by atoms with Crippen molar-refractivity contribution in [2.75, 3.05) is 7.11 Å². The number of carbonyl (C=O) groups is 2. The zero-order chi connectivity index (χ0) is 8.72. The molecular weight excluding hydrogens is 158 g/mol. The van der Waals surface area contributed by atoms with E-state index in [1.807, 2.05) is 0 Å². The van der Waals surface area contributed by atoms with Crippen LogP contribution in [0.3, 0.4) is 0 Å². The molecule has 3 atom stereocenters. The molecule has 0 bridgehead atoms. The Morgan fingerprint density at radius 2 is 2.33 bits per heavy atom. The summed E-state index contributed by atoms with van der Waals surface area (Å²) in [4.78, 5) is 22.2. The van der Waals surface area contributed by atoms with Crippen molar-refractivity contribution < 1.29 is 14.3 Å². The van der Waals surface area contributed by atoms with Gasteiger partial charge in [0, 0.05) is 5.92 Å². The number of fused-ring (bicyclic) bond motifs is 1. The molecule has 0 aromatic carbocycles. The Morgan fingerprint density at radius 1 is 1.58 bits per heavy atom. The Bertz CT molecular complexity index is 238. The van der Waals surface area contributed by atoms with Gasteiger partial charge in [-0.15, -0.1) is 0 Å². The molecule has 1 saturated carbocycles. The van der Waals surface area contributed by atoms with E-state index in [4.69, 9.17) is 0 Å². The van der Waals surface area contributed by atoms with Crippen LogP contribution in [-0.2, 0) is 14.3 Å². The van der Waals surface area contributed by atoms with Gasteiger partial charge in [0.25, 0.3) is 0 Å². The summed E-state index contributed by atoms with van der Waals surface area (Å²) in [7, 11) is 1.34. The number of methoxy groups -OCH3 is 1. The summed E-state index contributed by atoms with van der Waals surface area (Å²) in [6.45, 7) is 0. The van der Waals surface area contributed by atoms with Crippen molar-refractivity contribution in [1.82, 2.24) is 5.32 Å². The standard InChI is InChI=1S/C8H11NO3/c1-12-8(11)6-3-4-2-5(4)7(10)9-6/h4-6H,2-3H2,1H3,(H,9,10)/t4-,5-,6?/m1/s1. The van der Waals surface area contributed by atoms with Gasteiger partial charge < -0.3 is 10.1 Å². The van der Waals surface area contributed by atoms with E-state index in [2.05, 4.69) is 10.1 Å². The van der Waals surface area contributed by atoms with E-state index in [1.54, 1.807) is 0 Å². The van der Waals surface area contributed by atoms with Crippen LogP contribution < -0.4 is 5.32 Å². The Balaban J connectivity index is 2.00. The molecule has 1 amide bonds. The minimum Gasteiger partial charge on any atom is -0.467 e. The number of amides is 1. The summed E-state index contributed by atoms with van der Waals surface area (Å²) >= 11 is 0. The summed E-state index contributed by atoms with van der Waals surface area (Å²) in [6.07, 6.45) is 1.70. The number of esters is 1. The topological polar surface area (TPSA) is 55.4 Å². The van der Waals surface area contributed by atoms with E-state index in [0.717, 1.165) is 12.8 Å². The van der Waals surface area contributed by atoms with E-state index in [9.17, 15) is 9.59 Å². The van der Waals surface area contributed by atoms with Crippen molar-refractivity contribution in [3.05, 3.63) is 0 Å². The van der Waals surface area contributed by atoms with E-state index in [0.29, 0.717) is 5.92 Å². The molecule has 0 aromatic rings. The molecule has 1 N–H and O–H groups in total. The summed E-state index contributed by atoms with van der Waals surface area (Å²) in [6, 6.07) is -0.397. The Kier molecular flexibility index (Phi) is 1.56. The third-order valence-corrected chi connectivity index (χ3v) is 2.60. The number of ether oxygens (including phenoxy) is 1. The average molecular weight is 169 g/mol. The maximum absolute atomic E-state index is 11.1. The zero-order valence-electron chi connectivity index (χ0n) is 6.87. The first-order valence-electron chi connectivity index (χ1n) is 4.10. The molecule has 1 unspecified atom stereocenters. The molecule has 1 aliphatic carbocycles. The fourth-order valence-electron chi connectivity index (χ4n) is 1.77. The molecule has 2 rings (SSSR count). The van der Waals surface area contributed by atoms with Crippen molar-refractivity contribution >= 4 is 11.9 Å². The van der Waals surface area contributed by atoms with Crippen molar-refractivity contribution in [3.8, 4) is 0 Å². The van der Waals surface area contributed by atoms with Gasteiger partial charge in [0.05, 0.1) is 7.11 Å². The summed E-state index contributed by atoms with van der Waals surface area (Å²) < 4.78 is 4.55. The molecule has 66 valence electrons. The largest absolute Gasteiger partial charge is 0.467 e. The highest BCUT2D eigenvalue weighted by atomic mass is 16.5. The van der Waals surface area contributed by atoms with E-state index in [1.165, 1.54) is 7.11 Å². The number of rotatable bonds is 1. The van der Waals surface area contributed by atoms with Crippen LogP contribution in [0.1, 0.15) is 12.8 Å². The van der Waals surface area contributed by atoms with Crippen molar-refractivity contribution in [2.24, 2.45) is 11.8 Å². The van der Waals surface area contributed by atoms with Crippen molar-refractivity contribution in [3.63, 3.8) is 0 Å². The molecule has 4 heteroatoms. The lowest BCUT2D eigenvalue weighted by Crippen LogP contribution is -2.45. The summed E-state index contributed by atoms with van der Waals surface area (Å²) in [5.74, 6) is 0.309. The number of hydrogen-bond donors (Lipinski definition) is 1. The molecular formula is C8H11NO3. The highest BCUT2D eigenvalue weighted by Gasteiger charge is 2.49. The SMILES string of the molecule is COC(=O)C1C[C@H]2C[C@H]2C(=O)N1. The monoisotopic (exact) mass is 169 g/mol. The second-order valence-electron chi connectivity index (χ2n) is 3.42. The quantitative estimate of drug-likeness (QED) is 0.547. The maximum Gasteiger partial charge on any atom is 0.328 e. The van der Waals surface area contributed by atoms with Gasteiger partial charge in [0.15, 0.2) is 0 Å². The summed E-state index contributed by atoms with van der Waals surface area (Å²) in [5, 5.41) is 2.64. The second kappa shape index (κ2) is 2.47. The van der Waals surface area contributed by atoms with Crippen molar-refractivity contribution in [1.29, 1.82) is 0 Å². The van der Waals surface area contributed by atoms with E-state index < -0.39 is 6.04 Å². The van der Waals surface area contributed by atoms with Crippen LogP contribution in [0.2, 0.25) is 0 Å². The zero-order valence-corrected chi connectivity index (χ0v) is 6.87. The molecule has 1 saturated heterocycles. The van der Waals surface area contributed by atoms with Crippen molar-refractivity contribution in [2.45, 2.75) is 18.9 Å². The molecule has 2 aliphatic rings. The van der Waals surface area contributed by atoms with Crippen LogP contribution in [0, 0.1) is 11.8 Å². The first kappa shape index (κ1) is 7.58. The van der Waals surface area contributed by atoms with Crippen LogP contribution in [-0.4, -0.2) is 25.0 Å². The van der Waals surface area contributed by atoms with E-state index >= 15 is 0 Å². The molecule has 12 heavy (non-hydrogen) atoms. The fourth-order valence-corrected chi connectivity index (χ4v) is 1.77. The molecule has 0 spiro atoms. The van der Waals surface area contributed by atoms with Gasteiger partial charge in [0.2, 0.25) is 5.91 Å². The van der Waals surface area contributed by atoms with Crippen LogP contribution in [0.25, 0.3) is 0 Å². The minimum absolute atomic E-state index is 0.0154. The van der Waals surface area contributed by atoms with Crippen LogP contribution in [0.15, 0.2) is 0 Å². The van der Waals surface area contributed by atoms with Crippen LogP contribution >= 0.6 is 0 Å². The van der Waals surface area contributed by atoms with Gasteiger partial charge in [-0.25, -0.2) is 4.79 Å². The second-order valence-corrected chi connectivity index (χ2v) is 3.42. The van der Waals surface area contributed by atoms with Gasteiger partial charge in [-0.2, -0.15) is 0 Å². The Labute approximate surface area is 70.3 Å². The first-order valence-corrected chi connectivity index (χ1v) is 4.10. The third-order valence-electron chi connectivity index (χ3n) is 2.60. The number of hydrogen-bond acceptors (Lipinski definition) is 3. The number of nitrogens with one attached hydrogen (secondary N) is 1. The smallest absolute Gasteiger partial charge is 0.328 e. The number of piperidine rings is 1. The fraction of sp³-hybridized carbons (Fsp3) is 0.750. The average Bonchev–Trinajstić information content (AvgIpc) is 2.82. The lowest BCUT2D eigenvalue weighted by molar-refractivity contribution is -0.146. The molecule has 2 fully saturated rings. The maximum atomic E-state index is 11.1. The Morgan fingerprint density at radius 3 is 2.92 bits per heavy atom. The highest BCUT2D eigenvalue weighted by molar-refractivity contribution is 5.89. The first-order chi connectivity index (χ1) is 5.72. The molecule has 0 radical (unpaired) electrons. The van der Waals surface area contributed by atoms with Gasteiger partial charge in [0.1, 0.15) is 6.04 Å². The van der Waals surface area contributed by atoms with Crippen LogP contribution in [0.5, 0.6) is 0 Å². The molecule has 0 aromatic heterocycles. The lowest BCUT2D eigenvalue weighted by atomic mass is 10.0.